The van der Waals surface area contributed by atoms with E-state index in [1.54, 1.807) is 13.0 Å². The predicted molar refractivity (Wildman–Crippen MR) is 51.7 cm³/mol. The Labute approximate surface area is 83.6 Å². The molecule has 14 heavy (non-hydrogen) atoms. The summed E-state index contributed by atoms with van der Waals surface area (Å²) in [4.78, 5) is 21.7. The van der Waals surface area contributed by atoms with Crippen LogP contribution in [0.5, 0.6) is 0 Å². The first kappa shape index (κ1) is 12.8. The second-order valence-corrected chi connectivity index (χ2v) is 3.01. The standard InChI is InChI=1S/C10H16O4/c1-8(4-5-9(2)12)10(13)14-7-3-6-11/h4,11H,3,5-7H2,1-2H3. The van der Waals surface area contributed by atoms with Crippen LogP contribution in [0.3, 0.4) is 0 Å². The number of aliphatic hydroxyl groups excluding tert-OH is 1. The van der Waals surface area contributed by atoms with Crippen molar-refractivity contribution >= 4 is 11.8 Å². The number of allylic oxidation sites excluding steroid dienone is 1. The second-order valence-electron chi connectivity index (χ2n) is 3.01. The van der Waals surface area contributed by atoms with E-state index in [2.05, 4.69) is 0 Å². The molecule has 0 fully saturated rings. The maximum Gasteiger partial charge on any atom is 0.333 e. The summed E-state index contributed by atoms with van der Waals surface area (Å²) in [7, 11) is 0. The van der Waals surface area contributed by atoms with Gasteiger partial charge in [-0.05, 0) is 13.8 Å². The van der Waals surface area contributed by atoms with Gasteiger partial charge in [0.15, 0.2) is 0 Å². The molecule has 0 spiro atoms. The molecule has 0 aromatic rings. The highest BCUT2D eigenvalue weighted by Crippen LogP contribution is 1.99. The molecule has 0 aliphatic heterocycles. The molecule has 0 aromatic carbocycles. The number of ketones is 1. The van der Waals surface area contributed by atoms with Crippen molar-refractivity contribution in [3.8, 4) is 0 Å². The predicted octanol–water partition coefficient (Wildman–Crippen LogP) is 0.837. The van der Waals surface area contributed by atoms with E-state index < -0.39 is 5.97 Å². The zero-order valence-corrected chi connectivity index (χ0v) is 8.58. The van der Waals surface area contributed by atoms with E-state index in [1.165, 1.54) is 6.92 Å². The van der Waals surface area contributed by atoms with Crippen molar-refractivity contribution in [2.24, 2.45) is 0 Å². The number of esters is 1. The number of Topliss-reactive ketones (excluding diaryl/α,β-unsaturated/α-hetero) is 1. The van der Waals surface area contributed by atoms with Crippen LogP contribution in [0.2, 0.25) is 0 Å². The van der Waals surface area contributed by atoms with Crippen molar-refractivity contribution in [1.82, 2.24) is 0 Å². The normalized spacial score (nSPS) is 11.2. The molecule has 80 valence electrons. The van der Waals surface area contributed by atoms with Crippen LogP contribution in [0.25, 0.3) is 0 Å². The van der Waals surface area contributed by atoms with E-state index in [0.29, 0.717) is 12.0 Å². The Bertz CT molecular complexity index is 230. The fraction of sp³-hybridized carbons (Fsp3) is 0.600. The zero-order chi connectivity index (χ0) is 11.0. The molecular formula is C10H16O4. The minimum Gasteiger partial charge on any atom is -0.462 e. The van der Waals surface area contributed by atoms with E-state index in [4.69, 9.17) is 9.84 Å². The van der Waals surface area contributed by atoms with Crippen LogP contribution in [0.15, 0.2) is 11.6 Å². The van der Waals surface area contributed by atoms with Crippen LogP contribution in [0, 0.1) is 0 Å². The van der Waals surface area contributed by atoms with Crippen LogP contribution in [0.1, 0.15) is 26.7 Å². The molecule has 1 N–H and O–H groups in total. The SMILES string of the molecule is CC(=O)CC=C(C)C(=O)OCCCO. The molecule has 0 amide bonds. The first-order valence-corrected chi connectivity index (χ1v) is 4.52. The fourth-order valence-electron chi connectivity index (χ4n) is 0.723. The minimum atomic E-state index is -0.431. The molecule has 0 heterocycles. The van der Waals surface area contributed by atoms with Gasteiger partial charge >= 0.3 is 5.97 Å². The van der Waals surface area contributed by atoms with E-state index >= 15 is 0 Å². The average Bonchev–Trinajstić information content (AvgIpc) is 2.14. The summed E-state index contributed by atoms with van der Waals surface area (Å²) in [5, 5.41) is 8.44. The number of aliphatic hydroxyl groups is 1. The Kier molecular flexibility index (Phi) is 6.66. The molecule has 4 nitrogen and oxygen atoms in total. The van der Waals surface area contributed by atoms with Crippen molar-refractivity contribution in [2.75, 3.05) is 13.2 Å². The van der Waals surface area contributed by atoms with E-state index in [9.17, 15) is 9.59 Å². The lowest BCUT2D eigenvalue weighted by Crippen LogP contribution is -2.08. The number of hydrogen-bond acceptors (Lipinski definition) is 4. The lowest BCUT2D eigenvalue weighted by molar-refractivity contribution is -0.139. The van der Waals surface area contributed by atoms with E-state index in [0.717, 1.165) is 0 Å². The molecular weight excluding hydrogens is 184 g/mol. The van der Waals surface area contributed by atoms with Gasteiger partial charge < -0.3 is 9.84 Å². The van der Waals surface area contributed by atoms with Gasteiger partial charge in [0.05, 0.1) is 6.61 Å². The van der Waals surface area contributed by atoms with Gasteiger partial charge in [-0.2, -0.15) is 0 Å². The molecule has 0 aromatic heterocycles. The van der Waals surface area contributed by atoms with Crippen molar-refractivity contribution < 1.29 is 19.4 Å². The molecule has 0 unspecified atom stereocenters. The van der Waals surface area contributed by atoms with Gasteiger partial charge in [-0.3, -0.25) is 4.79 Å². The highest BCUT2D eigenvalue weighted by Gasteiger charge is 2.04. The van der Waals surface area contributed by atoms with Crippen LogP contribution in [-0.2, 0) is 14.3 Å². The summed E-state index contributed by atoms with van der Waals surface area (Å²) < 4.78 is 4.80. The largest absolute Gasteiger partial charge is 0.462 e. The van der Waals surface area contributed by atoms with Gasteiger partial charge in [0.25, 0.3) is 0 Å². The Morgan fingerprint density at radius 3 is 2.50 bits per heavy atom. The van der Waals surface area contributed by atoms with Crippen LogP contribution in [-0.4, -0.2) is 30.1 Å². The van der Waals surface area contributed by atoms with Crippen molar-refractivity contribution in [1.29, 1.82) is 0 Å². The number of rotatable bonds is 6. The third kappa shape index (κ3) is 6.37. The van der Waals surface area contributed by atoms with Crippen molar-refractivity contribution in [3.63, 3.8) is 0 Å². The van der Waals surface area contributed by atoms with E-state index in [-0.39, 0.29) is 25.4 Å². The Morgan fingerprint density at radius 1 is 1.36 bits per heavy atom. The van der Waals surface area contributed by atoms with E-state index in [1.807, 2.05) is 0 Å². The maximum absolute atomic E-state index is 11.1. The molecule has 0 bridgehead atoms. The third-order valence-electron chi connectivity index (χ3n) is 1.55. The number of carbonyl (C=O) groups excluding carboxylic acids is 2. The molecule has 0 atom stereocenters. The van der Waals surface area contributed by atoms with Crippen molar-refractivity contribution in [3.05, 3.63) is 11.6 Å². The quantitative estimate of drug-likeness (QED) is 0.392. The van der Waals surface area contributed by atoms with Crippen LogP contribution >= 0.6 is 0 Å². The molecule has 0 rings (SSSR count). The minimum absolute atomic E-state index is 0.00346. The topological polar surface area (TPSA) is 63.6 Å². The van der Waals surface area contributed by atoms with Gasteiger partial charge in [-0.15, -0.1) is 0 Å². The lowest BCUT2D eigenvalue weighted by atomic mass is 10.2. The monoisotopic (exact) mass is 200 g/mol. The molecule has 0 saturated heterocycles. The van der Waals surface area contributed by atoms with Gasteiger partial charge in [-0.1, -0.05) is 6.08 Å². The summed E-state index contributed by atoms with van der Waals surface area (Å²) in [6.45, 7) is 3.27. The first-order valence-electron chi connectivity index (χ1n) is 4.52. The average molecular weight is 200 g/mol. The Morgan fingerprint density at radius 2 is 2.00 bits per heavy atom. The molecule has 4 heteroatoms. The van der Waals surface area contributed by atoms with Crippen LogP contribution in [0.4, 0.5) is 0 Å². The van der Waals surface area contributed by atoms with Gasteiger partial charge in [0.1, 0.15) is 5.78 Å². The maximum atomic E-state index is 11.1. The number of ether oxygens (including phenoxy) is 1. The van der Waals surface area contributed by atoms with Crippen LogP contribution < -0.4 is 0 Å². The van der Waals surface area contributed by atoms with Gasteiger partial charge in [-0.25, -0.2) is 4.79 Å². The highest BCUT2D eigenvalue weighted by atomic mass is 16.5. The Hall–Kier alpha value is -1.16. The molecule has 0 aliphatic rings. The van der Waals surface area contributed by atoms with Crippen molar-refractivity contribution in [2.45, 2.75) is 26.7 Å². The third-order valence-corrected chi connectivity index (χ3v) is 1.55. The summed E-state index contributed by atoms with van der Waals surface area (Å²) in [6.07, 6.45) is 2.23. The fourth-order valence-corrected chi connectivity index (χ4v) is 0.723. The summed E-state index contributed by atoms with van der Waals surface area (Å²) >= 11 is 0. The molecule has 0 saturated carbocycles. The smallest absolute Gasteiger partial charge is 0.333 e. The zero-order valence-electron chi connectivity index (χ0n) is 8.58. The number of hydrogen-bond donors (Lipinski definition) is 1. The first-order chi connectivity index (χ1) is 6.57. The van der Waals surface area contributed by atoms with Gasteiger partial charge in [0.2, 0.25) is 0 Å². The summed E-state index contributed by atoms with van der Waals surface area (Å²) in [5.74, 6) is -0.424. The Balaban J connectivity index is 3.86. The van der Waals surface area contributed by atoms with Gasteiger partial charge in [0, 0.05) is 25.0 Å². The highest BCUT2D eigenvalue weighted by molar-refractivity contribution is 5.89. The lowest BCUT2D eigenvalue weighted by Gasteiger charge is -2.02. The number of carbonyl (C=O) groups is 2. The second kappa shape index (κ2) is 7.26. The molecule has 0 radical (unpaired) electrons. The summed E-state index contributed by atoms with van der Waals surface area (Å²) in [5.41, 5.74) is 0.429. The molecule has 0 aliphatic carbocycles. The summed E-state index contributed by atoms with van der Waals surface area (Å²) in [6, 6.07) is 0.